The lowest BCUT2D eigenvalue weighted by molar-refractivity contribution is 0.281. The molecule has 98 valence electrons. The molecule has 0 N–H and O–H groups in total. The number of nitrogens with zero attached hydrogens (tertiary/aromatic N) is 1. The highest BCUT2D eigenvalue weighted by atomic mass is 15.1. The highest BCUT2D eigenvalue weighted by Gasteiger charge is 2.27. The first-order chi connectivity index (χ1) is 9.25. The zero-order chi connectivity index (χ0) is 13.2. The molecule has 1 nitrogen and oxygen atoms in total. The van der Waals surface area contributed by atoms with Gasteiger partial charge >= 0.3 is 0 Å². The summed E-state index contributed by atoms with van der Waals surface area (Å²) in [6.07, 6.45) is 0. The second-order valence-corrected chi connectivity index (χ2v) is 5.76. The van der Waals surface area contributed by atoms with Crippen LogP contribution >= 0.6 is 0 Å². The van der Waals surface area contributed by atoms with E-state index >= 15 is 0 Å². The maximum absolute atomic E-state index is 2.44. The fourth-order valence-corrected chi connectivity index (χ4v) is 3.41. The molecular formula is C18H21N. The largest absolute Gasteiger partial charge is 0.302 e. The molecule has 2 atom stereocenters. The Bertz CT molecular complexity index is 547. The summed E-state index contributed by atoms with van der Waals surface area (Å²) in [5.41, 5.74) is 4.42. The van der Waals surface area contributed by atoms with Gasteiger partial charge in [0.25, 0.3) is 0 Å². The van der Waals surface area contributed by atoms with Crippen LogP contribution in [0, 0.1) is 5.92 Å². The van der Waals surface area contributed by atoms with E-state index in [1.807, 2.05) is 0 Å². The van der Waals surface area contributed by atoms with E-state index in [2.05, 4.69) is 73.5 Å². The fraction of sp³-hybridized carbons (Fsp3) is 0.333. The minimum atomic E-state index is 0.516. The lowest BCUT2D eigenvalue weighted by Gasteiger charge is -2.25. The van der Waals surface area contributed by atoms with Gasteiger partial charge in [-0.15, -0.1) is 0 Å². The van der Waals surface area contributed by atoms with Crippen LogP contribution in [0.3, 0.4) is 0 Å². The summed E-state index contributed by atoms with van der Waals surface area (Å²) < 4.78 is 0. The Morgan fingerprint density at radius 1 is 0.947 bits per heavy atom. The Balaban J connectivity index is 2.11. The van der Waals surface area contributed by atoms with Crippen molar-refractivity contribution in [2.75, 3.05) is 13.6 Å². The first kappa shape index (κ1) is 12.4. The molecule has 1 heteroatoms. The SMILES string of the molecule is C[C@@H]1CN(C)Cc2ccccc2C1c1ccccc1. The molecule has 19 heavy (non-hydrogen) atoms. The van der Waals surface area contributed by atoms with Crippen molar-refractivity contribution in [2.45, 2.75) is 19.4 Å². The van der Waals surface area contributed by atoms with Crippen molar-refractivity contribution < 1.29 is 0 Å². The van der Waals surface area contributed by atoms with Crippen molar-refractivity contribution in [3.8, 4) is 0 Å². The number of hydrogen-bond donors (Lipinski definition) is 0. The topological polar surface area (TPSA) is 3.24 Å². The minimum absolute atomic E-state index is 0.516. The fourth-order valence-electron chi connectivity index (χ4n) is 3.41. The Labute approximate surface area is 115 Å². The van der Waals surface area contributed by atoms with Gasteiger partial charge in [-0.3, -0.25) is 0 Å². The van der Waals surface area contributed by atoms with E-state index in [1.54, 1.807) is 0 Å². The highest BCUT2D eigenvalue weighted by Crippen LogP contribution is 2.36. The summed E-state index contributed by atoms with van der Waals surface area (Å²) in [6, 6.07) is 19.9. The van der Waals surface area contributed by atoms with Crippen LogP contribution in [0.15, 0.2) is 54.6 Å². The van der Waals surface area contributed by atoms with Crippen LogP contribution in [0.4, 0.5) is 0 Å². The van der Waals surface area contributed by atoms with Crippen molar-refractivity contribution in [3.05, 3.63) is 71.3 Å². The van der Waals surface area contributed by atoms with Gasteiger partial charge in [0, 0.05) is 19.0 Å². The number of fused-ring (bicyclic) bond motifs is 1. The summed E-state index contributed by atoms with van der Waals surface area (Å²) in [5.74, 6) is 1.15. The molecule has 0 saturated carbocycles. The third-order valence-corrected chi connectivity index (χ3v) is 4.16. The second-order valence-electron chi connectivity index (χ2n) is 5.76. The molecule has 1 unspecified atom stereocenters. The average Bonchev–Trinajstić information content (AvgIpc) is 2.54. The van der Waals surface area contributed by atoms with Crippen molar-refractivity contribution in [1.29, 1.82) is 0 Å². The van der Waals surface area contributed by atoms with Crippen molar-refractivity contribution in [1.82, 2.24) is 4.90 Å². The quantitative estimate of drug-likeness (QED) is 0.743. The van der Waals surface area contributed by atoms with Gasteiger partial charge in [-0.25, -0.2) is 0 Å². The van der Waals surface area contributed by atoms with Gasteiger partial charge in [0.15, 0.2) is 0 Å². The molecule has 0 spiro atoms. The zero-order valence-electron chi connectivity index (χ0n) is 11.7. The van der Waals surface area contributed by atoms with Gasteiger partial charge in [0.05, 0.1) is 0 Å². The van der Waals surface area contributed by atoms with E-state index in [0.717, 1.165) is 13.1 Å². The molecule has 1 heterocycles. The molecule has 0 fully saturated rings. The van der Waals surface area contributed by atoms with Crippen LogP contribution in [0.25, 0.3) is 0 Å². The first-order valence-electron chi connectivity index (χ1n) is 7.07. The third-order valence-electron chi connectivity index (χ3n) is 4.16. The molecule has 0 saturated heterocycles. The maximum atomic E-state index is 2.44. The second kappa shape index (κ2) is 5.18. The molecule has 2 aromatic carbocycles. The van der Waals surface area contributed by atoms with Gasteiger partial charge in [-0.05, 0) is 29.7 Å². The van der Waals surface area contributed by atoms with Crippen LogP contribution in [-0.4, -0.2) is 18.5 Å². The predicted octanol–water partition coefficient (Wildman–Crippen LogP) is 3.90. The van der Waals surface area contributed by atoms with Crippen LogP contribution in [0.2, 0.25) is 0 Å². The van der Waals surface area contributed by atoms with Crippen LogP contribution in [0.1, 0.15) is 29.5 Å². The molecule has 0 aliphatic carbocycles. The molecule has 1 aliphatic heterocycles. The summed E-state index contributed by atoms with van der Waals surface area (Å²) in [7, 11) is 2.22. The molecular weight excluding hydrogens is 230 g/mol. The Kier molecular flexibility index (Phi) is 3.39. The lowest BCUT2D eigenvalue weighted by Crippen LogP contribution is -2.23. The maximum Gasteiger partial charge on any atom is 0.0233 e. The van der Waals surface area contributed by atoms with Gasteiger partial charge in [0.1, 0.15) is 0 Å². The summed E-state index contributed by atoms with van der Waals surface area (Å²) in [6.45, 7) is 4.58. The number of benzene rings is 2. The van der Waals surface area contributed by atoms with Gasteiger partial charge in [0.2, 0.25) is 0 Å². The molecule has 2 aromatic rings. The lowest BCUT2D eigenvalue weighted by atomic mass is 9.80. The highest BCUT2D eigenvalue weighted by molar-refractivity contribution is 5.39. The van der Waals surface area contributed by atoms with E-state index in [4.69, 9.17) is 0 Å². The van der Waals surface area contributed by atoms with E-state index in [9.17, 15) is 0 Å². The zero-order valence-corrected chi connectivity index (χ0v) is 11.7. The van der Waals surface area contributed by atoms with Crippen LogP contribution in [0.5, 0.6) is 0 Å². The Morgan fingerprint density at radius 3 is 2.42 bits per heavy atom. The van der Waals surface area contributed by atoms with E-state index < -0.39 is 0 Å². The predicted molar refractivity (Wildman–Crippen MR) is 80.2 cm³/mol. The van der Waals surface area contributed by atoms with Gasteiger partial charge < -0.3 is 4.90 Å². The smallest absolute Gasteiger partial charge is 0.0233 e. The molecule has 0 aromatic heterocycles. The van der Waals surface area contributed by atoms with Crippen molar-refractivity contribution in [3.63, 3.8) is 0 Å². The van der Waals surface area contributed by atoms with Crippen LogP contribution in [-0.2, 0) is 6.54 Å². The molecule has 1 aliphatic rings. The Morgan fingerprint density at radius 2 is 1.63 bits per heavy atom. The Hall–Kier alpha value is -1.60. The normalized spacial score (nSPS) is 23.7. The van der Waals surface area contributed by atoms with Gasteiger partial charge in [-0.2, -0.15) is 0 Å². The standard InChI is InChI=1S/C18H21N/c1-14-12-19(2)13-16-10-6-7-11-17(16)18(14)15-8-4-3-5-9-15/h3-11,14,18H,12-13H2,1-2H3/t14-,18?/m1/s1. The van der Waals surface area contributed by atoms with Crippen molar-refractivity contribution in [2.24, 2.45) is 5.92 Å². The molecule has 0 bridgehead atoms. The van der Waals surface area contributed by atoms with E-state index in [0.29, 0.717) is 11.8 Å². The van der Waals surface area contributed by atoms with E-state index in [1.165, 1.54) is 16.7 Å². The summed E-state index contributed by atoms with van der Waals surface area (Å²) >= 11 is 0. The number of rotatable bonds is 1. The molecule has 0 amide bonds. The van der Waals surface area contributed by atoms with Crippen LogP contribution < -0.4 is 0 Å². The molecule has 0 radical (unpaired) electrons. The summed E-state index contributed by atoms with van der Waals surface area (Å²) in [4.78, 5) is 2.44. The summed E-state index contributed by atoms with van der Waals surface area (Å²) in [5, 5.41) is 0. The van der Waals surface area contributed by atoms with Crippen molar-refractivity contribution >= 4 is 0 Å². The molecule has 3 rings (SSSR count). The monoisotopic (exact) mass is 251 g/mol. The van der Waals surface area contributed by atoms with Gasteiger partial charge in [-0.1, -0.05) is 61.5 Å². The first-order valence-corrected chi connectivity index (χ1v) is 7.07. The minimum Gasteiger partial charge on any atom is -0.302 e. The number of hydrogen-bond acceptors (Lipinski definition) is 1. The average molecular weight is 251 g/mol. The van der Waals surface area contributed by atoms with E-state index in [-0.39, 0.29) is 0 Å². The third kappa shape index (κ3) is 2.43.